The van der Waals surface area contributed by atoms with Gasteiger partial charge in [-0.15, -0.1) is 0 Å². The molecule has 0 aliphatic carbocycles. The number of halogens is 1. The third-order valence-corrected chi connectivity index (χ3v) is 3.05. The van der Waals surface area contributed by atoms with E-state index < -0.39 is 16.9 Å². The Morgan fingerprint density at radius 1 is 1.38 bits per heavy atom. The first-order valence-electron chi connectivity index (χ1n) is 5.47. The van der Waals surface area contributed by atoms with Crippen LogP contribution in [0.1, 0.15) is 37.3 Å². The molecule has 4 heteroatoms. The van der Waals surface area contributed by atoms with Crippen LogP contribution in [0.4, 0.5) is 4.39 Å². The van der Waals surface area contributed by atoms with Gasteiger partial charge in [0.05, 0.1) is 0 Å². The molecule has 0 amide bonds. The van der Waals surface area contributed by atoms with E-state index in [2.05, 4.69) is 6.92 Å². The fourth-order valence-electron chi connectivity index (χ4n) is 1.68. The summed E-state index contributed by atoms with van der Waals surface area (Å²) in [7, 11) is 0. The van der Waals surface area contributed by atoms with E-state index in [-0.39, 0.29) is 5.75 Å². The van der Waals surface area contributed by atoms with Crippen molar-refractivity contribution in [2.75, 3.05) is 0 Å². The molecule has 2 nitrogen and oxygen atoms in total. The Labute approximate surface area is 98.2 Å². The molecule has 0 aromatic heterocycles. The largest absolute Gasteiger partial charge is 0.772 e. The molecule has 0 fully saturated rings. The highest BCUT2D eigenvalue weighted by atomic mass is 32.2. The van der Waals surface area contributed by atoms with Crippen molar-refractivity contribution in [1.82, 2.24) is 0 Å². The zero-order chi connectivity index (χ0) is 12.0. The minimum absolute atomic E-state index is 0.228. The third kappa shape index (κ3) is 4.02. The van der Waals surface area contributed by atoms with Crippen molar-refractivity contribution < 1.29 is 13.2 Å². The van der Waals surface area contributed by atoms with E-state index in [1.807, 2.05) is 0 Å². The quantitative estimate of drug-likeness (QED) is 0.569. The molecule has 0 radical (unpaired) electrons. The van der Waals surface area contributed by atoms with Crippen molar-refractivity contribution >= 4 is 11.1 Å². The molecule has 0 bridgehead atoms. The van der Waals surface area contributed by atoms with Gasteiger partial charge in [-0.25, -0.2) is 4.39 Å². The molecule has 90 valence electrons. The second kappa shape index (κ2) is 6.76. The van der Waals surface area contributed by atoms with Crippen LogP contribution < -0.4 is 0 Å². The van der Waals surface area contributed by atoms with Crippen LogP contribution in [-0.2, 0) is 23.3 Å². The van der Waals surface area contributed by atoms with Gasteiger partial charge in [-0.1, -0.05) is 43.0 Å². The Morgan fingerprint density at radius 2 is 2.12 bits per heavy atom. The summed E-state index contributed by atoms with van der Waals surface area (Å²) in [6.45, 7) is 2.10. The SMILES string of the molecule is CCCCCc1cccc(F)c1CS(=O)[O-]. The molecular formula is C12H16FO2S-. The molecule has 1 atom stereocenters. The van der Waals surface area contributed by atoms with Crippen molar-refractivity contribution in [2.24, 2.45) is 0 Å². The Hall–Kier alpha value is -0.740. The highest BCUT2D eigenvalue weighted by molar-refractivity contribution is 7.78. The third-order valence-electron chi connectivity index (χ3n) is 2.53. The molecule has 1 aromatic rings. The molecule has 0 spiro atoms. The summed E-state index contributed by atoms with van der Waals surface area (Å²) in [6.07, 6.45) is 3.89. The highest BCUT2D eigenvalue weighted by Crippen LogP contribution is 2.18. The van der Waals surface area contributed by atoms with Gasteiger partial charge in [-0.05, 0) is 24.5 Å². The van der Waals surface area contributed by atoms with Crippen molar-refractivity contribution in [3.8, 4) is 0 Å². The lowest BCUT2D eigenvalue weighted by Crippen LogP contribution is -2.02. The average molecular weight is 243 g/mol. The zero-order valence-corrected chi connectivity index (χ0v) is 10.2. The summed E-state index contributed by atoms with van der Waals surface area (Å²) >= 11 is -2.23. The Balaban J connectivity index is 2.80. The molecule has 0 N–H and O–H groups in total. The molecule has 0 aliphatic rings. The smallest absolute Gasteiger partial charge is 0.127 e. The van der Waals surface area contributed by atoms with Gasteiger partial charge in [-0.2, -0.15) is 0 Å². The van der Waals surface area contributed by atoms with Crippen LogP contribution in [0.5, 0.6) is 0 Å². The van der Waals surface area contributed by atoms with Crippen LogP contribution in [0.3, 0.4) is 0 Å². The molecule has 0 saturated carbocycles. The van der Waals surface area contributed by atoms with Crippen LogP contribution >= 0.6 is 0 Å². The standard InChI is InChI=1S/C12H17FO2S/c1-2-3-4-6-10-7-5-8-12(13)11(10)9-16(14)15/h5,7-8H,2-4,6,9H2,1H3,(H,14,15)/p-1. The normalized spacial score (nSPS) is 12.7. The molecule has 16 heavy (non-hydrogen) atoms. The Morgan fingerprint density at radius 3 is 2.75 bits per heavy atom. The van der Waals surface area contributed by atoms with Crippen LogP contribution in [0.2, 0.25) is 0 Å². The molecule has 0 saturated heterocycles. The van der Waals surface area contributed by atoms with Crippen molar-refractivity contribution in [3.63, 3.8) is 0 Å². The number of unbranched alkanes of at least 4 members (excludes halogenated alkanes) is 2. The van der Waals surface area contributed by atoms with E-state index in [1.54, 1.807) is 12.1 Å². The van der Waals surface area contributed by atoms with Gasteiger partial charge < -0.3 is 4.55 Å². The van der Waals surface area contributed by atoms with Crippen LogP contribution in [0.15, 0.2) is 18.2 Å². The van der Waals surface area contributed by atoms with E-state index in [4.69, 9.17) is 0 Å². The number of benzene rings is 1. The van der Waals surface area contributed by atoms with E-state index in [9.17, 15) is 13.2 Å². The highest BCUT2D eigenvalue weighted by Gasteiger charge is 2.07. The molecule has 1 aromatic carbocycles. The summed E-state index contributed by atoms with van der Waals surface area (Å²) in [6, 6.07) is 4.75. The maximum absolute atomic E-state index is 13.4. The second-order valence-corrected chi connectivity index (χ2v) is 4.68. The van der Waals surface area contributed by atoms with Crippen LogP contribution in [0, 0.1) is 5.82 Å². The molecular weight excluding hydrogens is 227 g/mol. The fourth-order valence-corrected chi connectivity index (χ4v) is 2.24. The average Bonchev–Trinajstić information content (AvgIpc) is 2.23. The van der Waals surface area contributed by atoms with Gasteiger partial charge in [0.2, 0.25) is 0 Å². The van der Waals surface area contributed by atoms with Gasteiger partial charge in [0.15, 0.2) is 0 Å². The monoisotopic (exact) mass is 243 g/mol. The van der Waals surface area contributed by atoms with Crippen LogP contribution in [0.25, 0.3) is 0 Å². The fraction of sp³-hybridized carbons (Fsp3) is 0.500. The Kier molecular flexibility index (Phi) is 5.63. The van der Waals surface area contributed by atoms with E-state index in [0.717, 1.165) is 31.2 Å². The zero-order valence-electron chi connectivity index (χ0n) is 9.37. The van der Waals surface area contributed by atoms with E-state index in [1.165, 1.54) is 6.07 Å². The second-order valence-electron chi connectivity index (χ2n) is 3.78. The molecule has 1 rings (SSSR count). The summed E-state index contributed by atoms with van der Waals surface area (Å²) < 4.78 is 34.7. The van der Waals surface area contributed by atoms with E-state index in [0.29, 0.717) is 5.56 Å². The Bertz CT molecular complexity index is 366. The van der Waals surface area contributed by atoms with Gasteiger partial charge in [0, 0.05) is 11.3 Å². The van der Waals surface area contributed by atoms with Crippen LogP contribution in [-0.4, -0.2) is 8.76 Å². The first-order valence-corrected chi connectivity index (χ1v) is 6.71. The molecule has 0 aliphatic heterocycles. The van der Waals surface area contributed by atoms with Gasteiger partial charge in [0.25, 0.3) is 0 Å². The minimum atomic E-state index is -2.23. The number of hydrogen-bond donors (Lipinski definition) is 0. The van der Waals surface area contributed by atoms with Crippen molar-refractivity contribution in [1.29, 1.82) is 0 Å². The maximum Gasteiger partial charge on any atom is 0.127 e. The summed E-state index contributed by atoms with van der Waals surface area (Å²) in [5.41, 5.74) is 1.14. The molecule has 1 unspecified atom stereocenters. The summed E-state index contributed by atoms with van der Waals surface area (Å²) in [5, 5.41) is 0. The van der Waals surface area contributed by atoms with Gasteiger partial charge in [0.1, 0.15) is 5.82 Å². The lowest BCUT2D eigenvalue weighted by molar-refractivity contribution is 0.532. The first-order chi connectivity index (χ1) is 7.65. The summed E-state index contributed by atoms with van der Waals surface area (Å²) in [5.74, 6) is -0.646. The predicted molar refractivity (Wildman–Crippen MR) is 62.3 cm³/mol. The van der Waals surface area contributed by atoms with Crippen molar-refractivity contribution in [2.45, 2.75) is 38.4 Å². The van der Waals surface area contributed by atoms with E-state index >= 15 is 0 Å². The predicted octanol–water partition coefficient (Wildman–Crippen LogP) is 2.94. The minimum Gasteiger partial charge on any atom is -0.772 e. The maximum atomic E-state index is 13.4. The first kappa shape index (κ1) is 13.3. The summed E-state index contributed by atoms with van der Waals surface area (Å²) in [4.78, 5) is 0. The van der Waals surface area contributed by atoms with Crippen molar-refractivity contribution in [3.05, 3.63) is 35.1 Å². The number of aryl methyl sites for hydroxylation is 1. The molecule has 0 heterocycles. The lowest BCUT2D eigenvalue weighted by atomic mass is 10.0. The lowest BCUT2D eigenvalue weighted by Gasteiger charge is -2.12. The van der Waals surface area contributed by atoms with Gasteiger partial charge in [-0.3, -0.25) is 4.21 Å². The van der Waals surface area contributed by atoms with Gasteiger partial charge >= 0.3 is 0 Å². The number of hydrogen-bond acceptors (Lipinski definition) is 2. The topological polar surface area (TPSA) is 40.1 Å². The number of rotatable bonds is 6.